The van der Waals surface area contributed by atoms with Crippen LogP contribution in [-0.2, 0) is 23.9 Å². The molecule has 2 amide bonds. The first-order valence-electron chi connectivity index (χ1n) is 10.6. The van der Waals surface area contributed by atoms with E-state index < -0.39 is 29.8 Å². The summed E-state index contributed by atoms with van der Waals surface area (Å²) in [5.41, 5.74) is 0.121. The summed E-state index contributed by atoms with van der Waals surface area (Å²) < 4.78 is 15.6. The van der Waals surface area contributed by atoms with Gasteiger partial charge in [-0.05, 0) is 44.5 Å². The molecule has 0 saturated heterocycles. The normalized spacial score (nSPS) is 11.1. The van der Waals surface area contributed by atoms with Gasteiger partial charge < -0.3 is 24.8 Å². The molecular weight excluding hydrogens is 466 g/mol. The second-order valence-corrected chi connectivity index (χ2v) is 7.04. The van der Waals surface area contributed by atoms with Crippen LogP contribution in [0.15, 0.2) is 42.5 Å². The summed E-state index contributed by atoms with van der Waals surface area (Å²) in [6.45, 7) is 3.61. The van der Waals surface area contributed by atoms with Crippen molar-refractivity contribution in [3.05, 3.63) is 48.2 Å². The largest absolute Gasteiger partial charge is 0.466 e. The van der Waals surface area contributed by atoms with Crippen molar-refractivity contribution in [2.45, 2.75) is 32.7 Å². The van der Waals surface area contributed by atoms with E-state index in [9.17, 15) is 19.2 Å². The highest BCUT2D eigenvalue weighted by Gasteiger charge is 2.25. The molecule has 0 saturated carbocycles. The van der Waals surface area contributed by atoms with Crippen LogP contribution >= 0.6 is 11.6 Å². The molecule has 10 nitrogen and oxygen atoms in total. The number of para-hydroxylation sites is 1. The maximum atomic E-state index is 12.9. The van der Waals surface area contributed by atoms with Crippen molar-refractivity contribution in [1.29, 1.82) is 0 Å². The van der Waals surface area contributed by atoms with E-state index in [1.165, 1.54) is 12.1 Å². The highest BCUT2D eigenvalue weighted by atomic mass is 35.5. The third-order valence-electron chi connectivity index (χ3n) is 4.27. The van der Waals surface area contributed by atoms with E-state index in [2.05, 4.69) is 15.6 Å². The number of aromatic nitrogens is 1. The zero-order valence-electron chi connectivity index (χ0n) is 18.8. The number of alkyl halides is 1. The minimum atomic E-state index is -1.09. The number of hydrogen-bond donors (Lipinski definition) is 2. The summed E-state index contributed by atoms with van der Waals surface area (Å²) in [5, 5.41) is 5.08. The number of pyridine rings is 1. The molecule has 2 aromatic rings. The van der Waals surface area contributed by atoms with E-state index in [4.69, 9.17) is 25.8 Å². The Morgan fingerprint density at radius 2 is 1.71 bits per heavy atom. The van der Waals surface area contributed by atoms with Gasteiger partial charge in [0.25, 0.3) is 5.91 Å². The van der Waals surface area contributed by atoms with Crippen LogP contribution in [0.4, 0.5) is 5.69 Å². The van der Waals surface area contributed by atoms with Crippen molar-refractivity contribution in [3.8, 4) is 11.6 Å². The zero-order chi connectivity index (χ0) is 24.9. The minimum absolute atomic E-state index is 0.0133. The van der Waals surface area contributed by atoms with Crippen LogP contribution in [0.2, 0.25) is 0 Å². The Balaban J connectivity index is 2.25. The molecule has 182 valence electrons. The van der Waals surface area contributed by atoms with Gasteiger partial charge in [-0.2, -0.15) is 0 Å². The van der Waals surface area contributed by atoms with Gasteiger partial charge in [0.2, 0.25) is 11.8 Å². The van der Waals surface area contributed by atoms with Crippen molar-refractivity contribution in [3.63, 3.8) is 0 Å². The lowest BCUT2D eigenvalue weighted by atomic mass is 10.1. The predicted molar refractivity (Wildman–Crippen MR) is 124 cm³/mol. The summed E-state index contributed by atoms with van der Waals surface area (Å²) >= 11 is 5.57. The van der Waals surface area contributed by atoms with Crippen LogP contribution in [-0.4, -0.2) is 53.9 Å². The number of halogens is 1. The van der Waals surface area contributed by atoms with Gasteiger partial charge in [-0.15, -0.1) is 11.6 Å². The first kappa shape index (κ1) is 26.6. The number of carbonyl (C=O) groups excluding carboxylic acids is 4. The summed E-state index contributed by atoms with van der Waals surface area (Å²) in [6.07, 6.45) is -0.0998. The van der Waals surface area contributed by atoms with Gasteiger partial charge in [0.1, 0.15) is 29.1 Å². The Labute approximate surface area is 201 Å². The monoisotopic (exact) mass is 491 g/mol. The molecule has 0 aliphatic carbocycles. The Hall–Kier alpha value is -3.66. The van der Waals surface area contributed by atoms with Crippen molar-refractivity contribution in [1.82, 2.24) is 10.3 Å². The maximum absolute atomic E-state index is 12.9. The average molecular weight is 492 g/mol. The quantitative estimate of drug-likeness (QED) is 0.342. The highest BCUT2D eigenvalue weighted by Crippen LogP contribution is 2.28. The van der Waals surface area contributed by atoms with E-state index in [1.807, 2.05) is 0 Å². The molecule has 1 heterocycles. The maximum Gasteiger partial charge on any atom is 0.328 e. The average Bonchev–Trinajstić information content (AvgIpc) is 2.83. The molecule has 11 heteroatoms. The molecular formula is C23H26ClN3O7. The highest BCUT2D eigenvalue weighted by molar-refractivity contribution is 6.29. The first-order valence-corrected chi connectivity index (χ1v) is 11.1. The number of rotatable bonds is 12. The zero-order valence-corrected chi connectivity index (χ0v) is 19.6. The molecule has 2 N–H and O–H groups in total. The minimum Gasteiger partial charge on any atom is -0.466 e. The standard InChI is InChI=1S/C23H26ClN3O7/c1-3-32-20(29)13-12-18(23(31)33-4-2)26-21(30)16-10-11-17(25-19(28)14-24)22(27-16)34-15-8-6-5-7-9-15/h5-11,18H,3-4,12-14H2,1-2H3,(H,25,28)(H,26,30). The number of esters is 2. The van der Waals surface area contributed by atoms with Crippen LogP contribution in [0.25, 0.3) is 0 Å². The van der Waals surface area contributed by atoms with Crippen molar-refractivity contribution in [2.24, 2.45) is 0 Å². The number of amides is 2. The molecule has 0 fully saturated rings. The number of benzene rings is 1. The van der Waals surface area contributed by atoms with E-state index in [0.29, 0.717) is 5.75 Å². The molecule has 1 aromatic heterocycles. The van der Waals surface area contributed by atoms with E-state index in [-0.39, 0.29) is 49.2 Å². The molecule has 0 spiro atoms. The summed E-state index contributed by atoms with van der Waals surface area (Å²) in [6, 6.07) is 10.3. The third-order valence-corrected chi connectivity index (χ3v) is 4.51. The molecule has 0 bridgehead atoms. The number of anilines is 1. The fourth-order valence-corrected chi connectivity index (χ4v) is 2.81. The molecule has 0 aliphatic heterocycles. The Morgan fingerprint density at radius 3 is 2.35 bits per heavy atom. The number of hydrogen-bond acceptors (Lipinski definition) is 8. The van der Waals surface area contributed by atoms with E-state index in [1.54, 1.807) is 44.2 Å². The van der Waals surface area contributed by atoms with Crippen molar-refractivity contribution < 1.29 is 33.4 Å². The van der Waals surface area contributed by atoms with Gasteiger partial charge in [0.15, 0.2) is 0 Å². The van der Waals surface area contributed by atoms with Gasteiger partial charge >= 0.3 is 11.9 Å². The predicted octanol–water partition coefficient (Wildman–Crippen LogP) is 3.06. The number of carbonyl (C=O) groups is 4. The van der Waals surface area contributed by atoms with Crippen LogP contribution in [0.3, 0.4) is 0 Å². The van der Waals surface area contributed by atoms with E-state index in [0.717, 1.165) is 0 Å². The molecule has 1 aromatic carbocycles. The fraction of sp³-hybridized carbons (Fsp3) is 0.348. The van der Waals surface area contributed by atoms with Crippen LogP contribution in [0, 0.1) is 0 Å². The Bertz CT molecular complexity index is 1000. The lowest BCUT2D eigenvalue weighted by molar-refractivity contribution is -0.146. The SMILES string of the molecule is CCOC(=O)CCC(NC(=O)c1ccc(NC(=O)CCl)c(Oc2ccccc2)n1)C(=O)OCC. The first-order chi connectivity index (χ1) is 16.4. The summed E-state index contributed by atoms with van der Waals surface area (Å²) in [4.78, 5) is 52.8. The van der Waals surface area contributed by atoms with Gasteiger partial charge in [0, 0.05) is 6.42 Å². The molecule has 34 heavy (non-hydrogen) atoms. The lowest BCUT2D eigenvalue weighted by Gasteiger charge is -2.17. The third kappa shape index (κ3) is 8.36. The van der Waals surface area contributed by atoms with Gasteiger partial charge in [-0.3, -0.25) is 14.4 Å². The van der Waals surface area contributed by atoms with Gasteiger partial charge in [0.05, 0.1) is 13.2 Å². The summed E-state index contributed by atoms with van der Waals surface area (Å²) in [7, 11) is 0. The number of nitrogens with zero attached hydrogens (tertiary/aromatic N) is 1. The van der Waals surface area contributed by atoms with Crippen molar-refractivity contribution in [2.75, 3.05) is 24.4 Å². The van der Waals surface area contributed by atoms with Crippen LogP contribution < -0.4 is 15.4 Å². The Kier molecular flexibility index (Phi) is 10.8. The molecule has 2 rings (SSSR count). The number of nitrogens with one attached hydrogen (secondary N) is 2. The Morgan fingerprint density at radius 1 is 1.00 bits per heavy atom. The molecule has 0 radical (unpaired) electrons. The molecule has 1 unspecified atom stereocenters. The topological polar surface area (TPSA) is 133 Å². The van der Waals surface area contributed by atoms with Crippen molar-refractivity contribution >= 4 is 41.0 Å². The second kappa shape index (κ2) is 13.8. The fourth-order valence-electron chi connectivity index (χ4n) is 2.74. The van der Waals surface area contributed by atoms with Crippen LogP contribution in [0.1, 0.15) is 37.2 Å². The van der Waals surface area contributed by atoms with Gasteiger partial charge in [-0.25, -0.2) is 9.78 Å². The molecule has 0 aliphatic rings. The van der Waals surface area contributed by atoms with E-state index >= 15 is 0 Å². The lowest BCUT2D eigenvalue weighted by Crippen LogP contribution is -2.42. The van der Waals surface area contributed by atoms with Gasteiger partial charge in [-0.1, -0.05) is 18.2 Å². The summed E-state index contributed by atoms with van der Waals surface area (Å²) in [5.74, 6) is -2.28. The second-order valence-electron chi connectivity index (χ2n) is 6.77. The number of ether oxygens (including phenoxy) is 3. The van der Waals surface area contributed by atoms with Crippen LogP contribution in [0.5, 0.6) is 11.6 Å². The molecule has 1 atom stereocenters. The smallest absolute Gasteiger partial charge is 0.328 e.